The standard InChI is InChI=1S/C14H19F4NO/c1-2-10(3-4-20)8-19-9-11-5-12(14(16,17)18)7-13(15)6-11/h5-7,10,19-20H,2-4,8-9H2,1H3. The molecule has 1 unspecified atom stereocenters. The molecule has 0 bridgehead atoms. The Bertz CT molecular complexity index is 420. The van der Waals surface area contributed by atoms with Crippen molar-refractivity contribution < 1.29 is 22.7 Å². The van der Waals surface area contributed by atoms with Crippen molar-refractivity contribution >= 4 is 0 Å². The lowest BCUT2D eigenvalue weighted by molar-refractivity contribution is -0.137. The van der Waals surface area contributed by atoms with E-state index in [2.05, 4.69) is 5.32 Å². The van der Waals surface area contributed by atoms with Crippen LogP contribution in [-0.4, -0.2) is 18.3 Å². The molecular formula is C14H19F4NO. The molecule has 0 aliphatic carbocycles. The Kier molecular flexibility index (Phi) is 6.42. The first-order chi connectivity index (χ1) is 9.36. The maximum absolute atomic E-state index is 13.2. The number of rotatable bonds is 7. The van der Waals surface area contributed by atoms with Crippen LogP contribution in [0.3, 0.4) is 0 Å². The molecule has 2 N–H and O–H groups in total. The highest BCUT2D eigenvalue weighted by molar-refractivity contribution is 5.26. The molecule has 1 atom stereocenters. The second kappa shape index (κ2) is 7.59. The van der Waals surface area contributed by atoms with E-state index in [0.717, 1.165) is 18.6 Å². The van der Waals surface area contributed by atoms with Gasteiger partial charge in [-0.3, -0.25) is 0 Å². The van der Waals surface area contributed by atoms with E-state index in [1.807, 2.05) is 6.92 Å². The molecule has 0 amide bonds. The van der Waals surface area contributed by atoms with Crippen molar-refractivity contribution in [3.63, 3.8) is 0 Å². The Balaban J connectivity index is 2.62. The Morgan fingerprint density at radius 2 is 1.95 bits per heavy atom. The molecule has 0 aliphatic rings. The van der Waals surface area contributed by atoms with Gasteiger partial charge in [-0.2, -0.15) is 13.2 Å². The van der Waals surface area contributed by atoms with Crippen molar-refractivity contribution in [3.05, 3.63) is 35.1 Å². The second-order valence-corrected chi connectivity index (χ2v) is 4.76. The highest BCUT2D eigenvalue weighted by Crippen LogP contribution is 2.30. The summed E-state index contributed by atoms with van der Waals surface area (Å²) >= 11 is 0. The van der Waals surface area contributed by atoms with E-state index >= 15 is 0 Å². The summed E-state index contributed by atoms with van der Waals surface area (Å²) in [6.07, 6.45) is -3.04. The van der Waals surface area contributed by atoms with Gasteiger partial charge in [0.25, 0.3) is 0 Å². The highest BCUT2D eigenvalue weighted by atomic mass is 19.4. The lowest BCUT2D eigenvalue weighted by Crippen LogP contribution is -2.23. The smallest absolute Gasteiger partial charge is 0.396 e. The van der Waals surface area contributed by atoms with Crippen LogP contribution in [-0.2, 0) is 12.7 Å². The maximum atomic E-state index is 13.2. The van der Waals surface area contributed by atoms with Gasteiger partial charge in [-0.05, 0) is 42.6 Å². The van der Waals surface area contributed by atoms with Crippen LogP contribution in [0.1, 0.15) is 30.9 Å². The molecule has 0 aromatic heterocycles. The molecule has 0 fully saturated rings. The SMILES string of the molecule is CCC(CCO)CNCc1cc(F)cc(C(F)(F)F)c1. The van der Waals surface area contributed by atoms with E-state index in [1.165, 1.54) is 0 Å². The van der Waals surface area contributed by atoms with Gasteiger partial charge in [-0.1, -0.05) is 13.3 Å². The molecule has 0 aliphatic heterocycles. The molecule has 20 heavy (non-hydrogen) atoms. The molecule has 1 rings (SSSR count). The number of hydrogen-bond acceptors (Lipinski definition) is 2. The van der Waals surface area contributed by atoms with E-state index in [9.17, 15) is 17.6 Å². The third-order valence-corrected chi connectivity index (χ3v) is 3.16. The minimum Gasteiger partial charge on any atom is -0.396 e. The summed E-state index contributed by atoms with van der Waals surface area (Å²) in [4.78, 5) is 0. The van der Waals surface area contributed by atoms with Gasteiger partial charge in [-0.15, -0.1) is 0 Å². The van der Waals surface area contributed by atoms with Crippen molar-refractivity contribution in [3.8, 4) is 0 Å². The lowest BCUT2D eigenvalue weighted by Gasteiger charge is -2.15. The monoisotopic (exact) mass is 293 g/mol. The highest BCUT2D eigenvalue weighted by Gasteiger charge is 2.31. The summed E-state index contributed by atoms with van der Waals surface area (Å²) in [5.74, 6) is -0.630. The fraction of sp³-hybridized carbons (Fsp3) is 0.571. The molecule has 0 heterocycles. The van der Waals surface area contributed by atoms with Crippen LogP contribution in [0.2, 0.25) is 0 Å². The van der Waals surface area contributed by atoms with Gasteiger partial charge < -0.3 is 10.4 Å². The number of hydrogen-bond donors (Lipinski definition) is 2. The van der Waals surface area contributed by atoms with Gasteiger partial charge in [0.1, 0.15) is 5.82 Å². The fourth-order valence-electron chi connectivity index (χ4n) is 1.97. The van der Waals surface area contributed by atoms with E-state index in [1.54, 1.807) is 0 Å². The minimum atomic E-state index is -4.54. The number of alkyl halides is 3. The molecule has 2 nitrogen and oxygen atoms in total. The van der Waals surface area contributed by atoms with Crippen molar-refractivity contribution in [2.75, 3.05) is 13.2 Å². The minimum absolute atomic E-state index is 0.0817. The van der Waals surface area contributed by atoms with Crippen LogP contribution in [0.4, 0.5) is 17.6 Å². The lowest BCUT2D eigenvalue weighted by atomic mass is 10.0. The van der Waals surface area contributed by atoms with Crippen LogP contribution in [0.5, 0.6) is 0 Å². The van der Waals surface area contributed by atoms with E-state index in [-0.39, 0.29) is 24.6 Å². The van der Waals surface area contributed by atoms with Crippen molar-refractivity contribution in [2.45, 2.75) is 32.5 Å². The number of aliphatic hydroxyl groups is 1. The average Bonchev–Trinajstić information content (AvgIpc) is 2.36. The first-order valence-electron chi connectivity index (χ1n) is 6.55. The van der Waals surface area contributed by atoms with Crippen molar-refractivity contribution in [1.29, 1.82) is 0 Å². The molecule has 1 aromatic carbocycles. The van der Waals surface area contributed by atoms with Gasteiger partial charge in [0.05, 0.1) is 5.56 Å². The normalized spacial score (nSPS) is 13.5. The van der Waals surface area contributed by atoms with Crippen molar-refractivity contribution in [2.24, 2.45) is 5.92 Å². The molecule has 0 saturated heterocycles. The summed E-state index contributed by atoms with van der Waals surface area (Å²) in [6, 6.07) is 2.53. The van der Waals surface area contributed by atoms with Gasteiger partial charge >= 0.3 is 6.18 Å². The van der Waals surface area contributed by atoms with Gasteiger partial charge in [0.15, 0.2) is 0 Å². The molecular weight excluding hydrogens is 274 g/mol. The summed E-state index contributed by atoms with van der Waals surface area (Å²) in [6.45, 7) is 2.81. The predicted octanol–water partition coefficient (Wildman–Crippen LogP) is 3.34. The van der Waals surface area contributed by atoms with Crippen LogP contribution in [0.15, 0.2) is 18.2 Å². The van der Waals surface area contributed by atoms with Crippen LogP contribution < -0.4 is 5.32 Å². The maximum Gasteiger partial charge on any atom is 0.416 e. The van der Waals surface area contributed by atoms with Crippen LogP contribution in [0.25, 0.3) is 0 Å². The Morgan fingerprint density at radius 1 is 1.25 bits per heavy atom. The molecule has 0 radical (unpaired) electrons. The third-order valence-electron chi connectivity index (χ3n) is 3.16. The number of benzene rings is 1. The topological polar surface area (TPSA) is 32.3 Å². The fourth-order valence-corrected chi connectivity index (χ4v) is 1.97. The zero-order chi connectivity index (χ0) is 15.2. The summed E-state index contributed by atoms with van der Waals surface area (Å²) in [5, 5.41) is 11.8. The Hall–Kier alpha value is -1.14. The van der Waals surface area contributed by atoms with Crippen LogP contribution >= 0.6 is 0 Å². The molecule has 6 heteroatoms. The Morgan fingerprint density at radius 3 is 2.50 bits per heavy atom. The zero-order valence-corrected chi connectivity index (χ0v) is 11.3. The quantitative estimate of drug-likeness (QED) is 0.756. The molecule has 0 spiro atoms. The largest absolute Gasteiger partial charge is 0.416 e. The number of halogens is 4. The zero-order valence-electron chi connectivity index (χ0n) is 11.3. The molecule has 0 saturated carbocycles. The van der Waals surface area contributed by atoms with Crippen LogP contribution in [0, 0.1) is 11.7 Å². The summed E-state index contributed by atoms with van der Waals surface area (Å²) < 4.78 is 50.8. The molecule has 114 valence electrons. The number of nitrogens with one attached hydrogen (secondary N) is 1. The predicted molar refractivity (Wildman–Crippen MR) is 68.6 cm³/mol. The van der Waals surface area contributed by atoms with Gasteiger partial charge in [0, 0.05) is 13.2 Å². The summed E-state index contributed by atoms with van der Waals surface area (Å²) in [7, 11) is 0. The third kappa shape index (κ3) is 5.46. The average molecular weight is 293 g/mol. The summed E-state index contributed by atoms with van der Waals surface area (Å²) in [5.41, 5.74) is -0.715. The second-order valence-electron chi connectivity index (χ2n) is 4.76. The van der Waals surface area contributed by atoms with Gasteiger partial charge in [-0.25, -0.2) is 4.39 Å². The first kappa shape index (κ1) is 16.9. The van der Waals surface area contributed by atoms with E-state index in [4.69, 9.17) is 5.11 Å². The van der Waals surface area contributed by atoms with Gasteiger partial charge in [0.2, 0.25) is 0 Å². The van der Waals surface area contributed by atoms with E-state index in [0.29, 0.717) is 19.0 Å². The number of aliphatic hydroxyl groups excluding tert-OH is 1. The van der Waals surface area contributed by atoms with E-state index < -0.39 is 17.6 Å². The van der Waals surface area contributed by atoms with Crippen molar-refractivity contribution in [1.82, 2.24) is 5.32 Å². The first-order valence-corrected chi connectivity index (χ1v) is 6.55. The molecule has 1 aromatic rings. The Labute approximate surface area is 115 Å².